The molecule has 0 aliphatic carbocycles. The summed E-state index contributed by atoms with van der Waals surface area (Å²) in [6.45, 7) is 1.20. The van der Waals surface area contributed by atoms with E-state index in [9.17, 15) is 9.90 Å². The Morgan fingerprint density at radius 1 is 1.21 bits per heavy atom. The predicted octanol–water partition coefficient (Wildman–Crippen LogP) is 4.12. The Hall–Kier alpha value is -2.04. The third-order valence-electron chi connectivity index (χ3n) is 4.21. The van der Waals surface area contributed by atoms with Gasteiger partial charge in [0.2, 0.25) is 5.91 Å². The summed E-state index contributed by atoms with van der Waals surface area (Å²) in [7, 11) is 0. The van der Waals surface area contributed by atoms with Gasteiger partial charge in [0.1, 0.15) is 5.75 Å². The number of phenolic OH excluding ortho intramolecular Hbond substituents is 1. The lowest BCUT2D eigenvalue weighted by atomic mass is 9.88. The molecular weight excluding hydrogens is 326 g/mol. The van der Waals surface area contributed by atoms with Crippen molar-refractivity contribution >= 4 is 17.5 Å². The van der Waals surface area contributed by atoms with Crippen LogP contribution in [0.2, 0.25) is 5.02 Å². The van der Waals surface area contributed by atoms with Crippen LogP contribution in [0.5, 0.6) is 5.75 Å². The average molecular weight is 346 g/mol. The van der Waals surface area contributed by atoms with E-state index in [1.165, 1.54) is 5.06 Å². The zero-order chi connectivity index (χ0) is 16.9. The summed E-state index contributed by atoms with van der Waals surface area (Å²) < 4.78 is 0. The summed E-state index contributed by atoms with van der Waals surface area (Å²) in [5.74, 6) is -0.127. The van der Waals surface area contributed by atoms with Gasteiger partial charge in [-0.1, -0.05) is 41.9 Å². The second kappa shape index (κ2) is 7.69. The van der Waals surface area contributed by atoms with Gasteiger partial charge in [-0.2, -0.15) is 0 Å². The number of hydroxylamine groups is 2. The van der Waals surface area contributed by atoms with Crippen LogP contribution in [0.1, 0.15) is 36.3 Å². The molecule has 3 rings (SSSR count). The smallest absolute Gasteiger partial charge is 0.247 e. The number of carbonyl (C=O) groups is 1. The van der Waals surface area contributed by atoms with Gasteiger partial charge < -0.3 is 5.11 Å². The number of rotatable bonds is 4. The summed E-state index contributed by atoms with van der Waals surface area (Å²) in [6, 6.07) is 14.5. The minimum atomic E-state index is -0.233. The highest BCUT2D eigenvalue weighted by atomic mass is 35.5. The van der Waals surface area contributed by atoms with E-state index in [1.807, 2.05) is 30.3 Å². The summed E-state index contributed by atoms with van der Waals surface area (Å²) >= 11 is 6.36. The molecule has 1 amide bonds. The van der Waals surface area contributed by atoms with Gasteiger partial charge in [0.25, 0.3) is 0 Å². The Balaban J connectivity index is 1.90. The summed E-state index contributed by atoms with van der Waals surface area (Å²) in [5, 5.41) is 11.9. The molecule has 1 N–H and O–H groups in total. The molecule has 0 aromatic heterocycles. The fraction of sp³-hybridized carbons (Fsp3) is 0.316. The van der Waals surface area contributed by atoms with Crippen molar-refractivity contribution in [2.45, 2.75) is 25.2 Å². The Bertz CT molecular complexity index is 713. The summed E-state index contributed by atoms with van der Waals surface area (Å²) in [4.78, 5) is 18.1. The average Bonchev–Trinajstić information content (AvgIpc) is 2.61. The van der Waals surface area contributed by atoms with Crippen molar-refractivity contribution in [3.63, 3.8) is 0 Å². The monoisotopic (exact) mass is 345 g/mol. The van der Waals surface area contributed by atoms with E-state index >= 15 is 0 Å². The topological polar surface area (TPSA) is 49.8 Å². The SMILES string of the molecule is O=C(C[C@@H](c1cccc(O)c1)c1ccccc1Cl)N1CCCCO1. The highest BCUT2D eigenvalue weighted by Crippen LogP contribution is 2.34. The van der Waals surface area contributed by atoms with Crippen LogP contribution in [0, 0.1) is 0 Å². The van der Waals surface area contributed by atoms with Gasteiger partial charge in [-0.15, -0.1) is 0 Å². The third-order valence-corrected chi connectivity index (χ3v) is 4.56. The number of nitrogens with zero attached hydrogens (tertiary/aromatic N) is 1. The number of benzene rings is 2. The summed E-state index contributed by atoms with van der Waals surface area (Å²) in [5.41, 5.74) is 1.73. The standard InChI is InChI=1S/C19H20ClNO3/c20-18-9-2-1-8-16(18)17(14-6-5-7-15(22)12-14)13-19(23)21-10-3-4-11-24-21/h1-2,5-9,12,17,22H,3-4,10-11,13H2/t17-/m0/s1. The molecule has 2 aromatic carbocycles. The van der Waals surface area contributed by atoms with Crippen LogP contribution in [-0.2, 0) is 9.63 Å². The highest BCUT2D eigenvalue weighted by molar-refractivity contribution is 6.31. The second-order valence-electron chi connectivity index (χ2n) is 5.91. The Kier molecular flexibility index (Phi) is 5.38. The molecular formula is C19H20ClNO3. The van der Waals surface area contributed by atoms with Crippen molar-refractivity contribution in [3.8, 4) is 5.75 Å². The predicted molar refractivity (Wildman–Crippen MR) is 92.9 cm³/mol. The largest absolute Gasteiger partial charge is 0.508 e. The molecule has 0 saturated carbocycles. The van der Waals surface area contributed by atoms with E-state index in [2.05, 4.69) is 0 Å². The molecule has 0 bridgehead atoms. The van der Waals surface area contributed by atoms with Gasteiger partial charge in [-0.25, -0.2) is 5.06 Å². The lowest BCUT2D eigenvalue weighted by Gasteiger charge is -2.28. The van der Waals surface area contributed by atoms with Crippen LogP contribution in [0.25, 0.3) is 0 Å². The molecule has 0 unspecified atom stereocenters. The van der Waals surface area contributed by atoms with Crippen LogP contribution in [0.4, 0.5) is 0 Å². The maximum atomic E-state index is 12.6. The van der Waals surface area contributed by atoms with Crippen molar-refractivity contribution in [2.75, 3.05) is 13.2 Å². The van der Waals surface area contributed by atoms with E-state index in [0.29, 0.717) is 18.2 Å². The molecule has 2 aromatic rings. The second-order valence-corrected chi connectivity index (χ2v) is 6.32. The fourth-order valence-electron chi connectivity index (χ4n) is 2.98. The first-order valence-electron chi connectivity index (χ1n) is 8.12. The molecule has 126 valence electrons. The molecule has 1 saturated heterocycles. The molecule has 1 aliphatic heterocycles. The maximum Gasteiger partial charge on any atom is 0.247 e. The first-order valence-corrected chi connectivity index (χ1v) is 8.49. The van der Waals surface area contributed by atoms with Crippen molar-refractivity contribution in [1.29, 1.82) is 0 Å². The third kappa shape index (κ3) is 3.89. The minimum Gasteiger partial charge on any atom is -0.508 e. The first-order chi connectivity index (χ1) is 11.6. The first kappa shape index (κ1) is 16.8. The molecule has 0 spiro atoms. The molecule has 5 heteroatoms. The maximum absolute atomic E-state index is 12.6. The van der Waals surface area contributed by atoms with Gasteiger partial charge in [0.15, 0.2) is 0 Å². The van der Waals surface area contributed by atoms with Crippen LogP contribution >= 0.6 is 11.6 Å². The molecule has 1 atom stereocenters. The highest BCUT2D eigenvalue weighted by Gasteiger charge is 2.25. The normalized spacial score (nSPS) is 16.0. The van der Waals surface area contributed by atoms with Crippen LogP contribution < -0.4 is 0 Å². The van der Waals surface area contributed by atoms with E-state index in [4.69, 9.17) is 16.4 Å². The van der Waals surface area contributed by atoms with Crippen LogP contribution in [-0.4, -0.2) is 29.2 Å². The van der Waals surface area contributed by atoms with Crippen molar-refractivity contribution in [2.24, 2.45) is 0 Å². The number of aromatic hydroxyl groups is 1. The zero-order valence-electron chi connectivity index (χ0n) is 13.3. The van der Waals surface area contributed by atoms with Crippen molar-refractivity contribution in [3.05, 3.63) is 64.7 Å². The molecule has 1 heterocycles. The van der Waals surface area contributed by atoms with Gasteiger partial charge in [-0.05, 0) is 42.2 Å². The number of phenols is 1. The van der Waals surface area contributed by atoms with Gasteiger partial charge in [-0.3, -0.25) is 9.63 Å². The number of halogens is 1. The fourth-order valence-corrected chi connectivity index (χ4v) is 3.24. The Morgan fingerprint density at radius 2 is 2.04 bits per heavy atom. The lowest BCUT2D eigenvalue weighted by molar-refractivity contribution is -0.197. The summed E-state index contributed by atoms with van der Waals surface area (Å²) in [6.07, 6.45) is 2.17. The molecule has 1 fully saturated rings. The number of carbonyl (C=O) groups excluding carboxylic acids is 1. The Morgan fingerprint density at radius 3 is 2.75 bits per heavy atom. The lowest BCUT2D eigenvalue weighted by Crippen LogP contribution is -2.36. The van der Waals surface area contributed by atoms with E-state index in [-0.39, 0.29) is 24.0 Å². The van der Waals surface area contributed by atoms with E-state index in [0.717, 1.165) is 24.0 Å². The van der Waals surface area contributed by atoms with Crippen LogP contribution in [0.3, 0.4) is 0 Å². The molecule has 24 heavy (non-hydrogen) atoms. The van der Waals surface area contributed by atoms with Crippen molar-refractivity contribution in [1.82, 2.24) is 5.06 Å². The minimum absolute atomic E-state index is 0.0667. The zero-order valence-corrected chi connectivity index (χ0v) is 14.1. The van der Waals surface area contributed by atoms with Gasteiger partial charge >= 0.3 is 0 Å². The van der Waals surface area contributed by atoms with Gasteiger partial charge in [0.05, 0.1) is 6.61 Å². The van der Waals surface area contributed by atoms with Crippen molar-refractivity contribution < 1.29 is 14.7 Å². The molecule has 4 nitrogen and oxygen atoms in total. The Labute approximate surface area is 146 Å². The molecule has 1 aliphatic rings. The van der Waals surface area contributed by atoms with E-state index < -0.39 is 0 Å². The number of hydrogen-bond acceptors (Lipinski definition) is 3. The van der Waals surface area contributed by atoms with Gasteiger partial charge in [0, 0.05) is 23.9 Å². The number of hydrogen-bond donors (Lipinski definition) is 1. The quantitative estimate of drug-likeness (QED) is 0.906. The molecule has 0 radical (unpaired) electrons. The van der Waals surface area contributed by atoms with Crippen LogP contribution in [0.15, 0.2) is 48.5 Å². The number of amides is 1. The van der Waals surface area contributed by atoms with E-state index in [1.54, 1.807) is 18.2 Å².